The van der Waals surface area contributed by atoms with Crippen molar-refractivity contribution in [2.45, 2.75) is 25.7 Å². The zero-order valence-electron chi connectivity index (χ0n) is 5.83. The molecular weight excluding hydrogens is 116 g/mol. The van der Waals surface area contributed by atoms with Gasteiger partial charge in [0, 0.05) is 13.5 Å². The van der Waals surface area contributed by atoms with Crippen LogP contribution >= 0.6 is 0 Å². The lowest BCUT2D eigenvalue weighted by molar-refractivity contribution is -0.142. The Hall–Kier alpha value is -0.340. The van der Waals surface area contributed by atoms with Crippen LogP contribution in [0.1, 0.15) is 13.3 Å². The monoisotopic (exact) mass is 128 g/mol. The molecule has 0 aromatic rings. The first-order chi connectivity index (χ1) is 4.33. The maximum absolute atomic E-state index is 5.33. The van der Waals surface area contributed by atoms with Crippen molar-refractivity contribution < 1.29 is 9.47 Å². The molecule has 0 aromatic heterocycles. The Bertz CT molecular complexity index is 109. The van der Waals surface area contributed by atoms with Crippen molar-refractivity contribution in [3.63, 3.8) is 0 Å². The number of methoxy groups -OCH3 is 1. The van der Waals surface area contributed by atoms with Gasteiger partial charge in [-0.1, -0.05) is 12.2 Å². The van der Waals surface area contributed by atoms with Crippen molar-refractivity contribution in [1.29, 1.82) is 0 Å². The molecule has 0 amide bonds. The van der Waals surface area contributed by atoms with E-state index in [0.717, 1.165) is 6.42 Å². The minimum atomic E-state index is -0.0231. The molecule has 1 aliphatic rings. The highest BCUT2D eigenvalue weighted by molar-refractivity contribution is 4.92. The largest absolute Gasteiger partial charge is 0.356 e. The van der Waals surface area contributed by atoms with Crippen LogP contribution in [0.25, 0.3) is 0 Å². The molecule has 0 spiro atoms. The molecule has 0 saturated carbocycles. The summed E-state index contributed by atoms with van der Waals surface area (Å²) < 4.78 is 10.3. The third-order valence-electron chi connectivity index (χ3n) is 1.36. The lowest BCUT2D eigenvalue weighted by Gasteiger charge is -2.21. The zero-order valence-corrected chi connectivity index (χ0v) is 5.83. The average molecular weight is 128 g/mol. The molecular formula is C7H12O2. The van der Waals surface area contributed by atoms with E-state index in [9.17, 15) is 0 Å². The van der Waals surface area contributed by atoms with Crippen LogP contribution in [0.15, 0.2) is 12.2 Å². The van der Waals surface area contributed by atoms with Crippen molar-refractivity contribution in [3.05, 3.63) is 12.2 Å². The Morgan fingerprint density at radius 1 is 1.67 bits per heavy atom. The topological polar surface area (TPSA) is 18.5 Å². The smallest absolute Gasteiger partial charge is 0.161 e. The number of ether oxygens (including phenoxy) is 2. The van der Waals surface area contributed by atoms with E-state index in [1.54, 1.807) is 7.11 Å². The van der Waals surface area contributed by atoms with Gasteiger partial charge in [0.1, 0.15) is 0 Å². The minimum absolute atomic E-state index is 0.0231. The quantitative estimate of drug-likeness (QED) is 0.496. The highest BCUT2D eigenvalue weighted by Crippen LogP contribution is 2.11. The van der Waals surface area contributed by atoms with Crippen molar-refractivity contribution >= 4 is 0 Å². The summed E-state index contributed by atoms with van der Waals surface area (Å²) in [7, 11) is 1.66. The molecule has 2 heteroatoms. The Morgan fingerprint density at radius 2 is 2.44 bits per heavy atom. The Kier molecular flexibility index (Phi) is 2.25. The fourth-order valence-corrected chi connectivity index (χ4v) is 0.873. The summed E-state index contributed by atoms with van der Waals surface area (Å²) in [5, 5.41) is 0. The number of hydrogen-bond donors (Lipinski definition) is 0. The first kappa shape index (κ1) is 6.78. The van der Waals surface area contributed by atoms with Crippen LogP contribution in [-0.2, 0) is 9.47 Å². The fourth-order valence-electron chi connectivity index (χ4n) is 0.873. The highest BCUT2D eigenvalue weighted by Gasteiger charge is 2.12. The summed E-state index contributed by atoms with van der Waals surface area (Å²) in [6, 6.07) is 0. The van der Waals surface area contributed by atoms with Gasteiger partial charge in [0.15, 0.2) is 6.29 Å². The van der Waals surface area contributed by atoms with Crippen molar-refractivity contribution in [1.82, 2.24) is 0 Å². The van der Waals surface area contributed by atoms with Crippen LogP contribution in [0.4, 0.5) is 0 Å². The second-order valence-electron chi connectivity index (χ2n) is 2.17. The molecule has 1 heterocycles. The van der Waals surface area contributed by atoms with E-state index in [2.05, 4.69) is 6.08 Å². The van der Waals surface area contributed by atoms with Crippen LogP contribution in [0.3, 0.4) is 0 Å². The lowest BCUT2D eigenvalue weighted by Crippen LogP contribution is -2.22. The van der Waals surface area contributed by atoms with E-state index >= 15 is 0 Å². The van der Waals surface area contributed by atoms with Crippen molar-refractivity contribution in [3.8, 4) is 0 Å². The van der Waals surface area contributed by atoms with E-state index in [0.29, 0.717) is 0 Å². The molecule has 2 nitrogen and oxygen atoms in total. The second kappa shape index (κ2) is 2.99. The highest BCUT2D eigenvalue weighted by atomic mass is 16.7. The fraction of sp³-hybridized carbons (Fsp3) is 0.714. The molecule has 1 rings (SSSR count). The van der Waals surface area contributed by atoms with Crippen LogP contribution in [0, 0.1) is 0 Å². The molecule has 0 aromatic carbocycles. The van der Waals surface area contributed by atoms with E-state index in [4.69, 9.17) is 9.47 Å². The van der Waals surface area contributed by atoms with E-state index in [1.165, 1.54) is 0 Å². The molecule has 0 fully saturated rings. The Balaban J connectivity index is 2.38. The molecule has 52 valence electrons. The molecule has 0 bridgehead atoms. The second-order valence-corrected chi connectivity index (χ2v) is 2.17. The van der Waals surface area contributed by atoms with Gasteiger partial charge < -0.3 is 9.47 Å². The van der Waals surface area contributed by atoms with Crippen LogP contribution in [0.2, 0.25) is 0 Å². The van der Waals surface area contributed by atoms with Gasteiger partial charge in [0.2, 0.25) is 0 Å². The molecule has 0 unspecified atom stereocenters. The van der Waals surface area contributed by atoms with Gasteiger partial charge in [-0.2, -0.15) is 0 Å². The number of rotatable bonds is 1. The average Bonchev–Trinajstić information content (AvgIpc) is 1.88. The van der Waals surface area contributed by atoms with Crippen LogP contribution in [0.5, 0.6) is 0 Å². The van der Waals surface area contributed by atoms with Crippen LogP contribution < -0.4 is 0 Å². The van der Waals surface area contributed by atoms with Gasteiger partial charge in [-0.05, 0) is 6.92 Å². The van der Waals surface area contributed by atoms with Gasteiger partial charge in [-0.15, -0.1) is 0 Å². The van der Waals surface area contributed by atoms with Gasteiger partial charge in [0.25, 0.3) is 0 Å². The lowest BCUT2D eigenvalue weighted by atomic mass is 10.2. The van der Waals surface area contributed by atoms with Gasteiger partial charge in [0.05, 0.1) is 6.10 Å². The molecule has 1 aliphatic heterocycles. The van der Waals surface area contributed by atoms with Crippen LogP contribution in [-0.4, -0.2) is 19.5 Å². The molecule has 2 atom stereocenters. The molecule has 0 aliphatic carbocycles. The molecule has 0 saturated heterocycles. The predicted molar refractivity (Wildman–Crippen MR) is 35.1 cm³/mol. The molecule has 9 heavy (non-hydrogen) atoms. The van der Waals surface area contributed by atoms with Gasteiger partial charge in [-0.3, -0.25) is 0 Å². The Morgan fingerprint density at radius 3 is 2.89 bits per heavy atom. The minimum Gasteiger partial charge on any atom is -0.356 e. The van der Waals surface area contributed by atoms with Crippen molar-refractivity contribution in [2.24, 2.45) is 0 Å². The predicted octanol–water partition coefficient (Wildman–Crippen LogP) is 1.32. The summed E-state index contributed by atoms with van der Waals surface area (Å²) in [5.74, 6) is 0. The summed E-state index contributed by atoms with van der Waals surface area (Å²) in [5.41, 5.74) is 0. The summed E-state index contributed by atoms with van der Waals surface area (Å²) in [4.78, 5) is 0. The maximum atomic E-state index is 5.33. The first-order valence-electron chi connectivity index (χ1n) is 3.18. The van der Waals surface area contributed by atoms with E-state index < -0.39 is 0 Å². The number of hydrogen-bond acceptors (Lipinski definition) is 2. The van der Waals surface area contributed by atoms with E-state index in [1.807, 2.05) is 13.0 Å². The first-order valence-corrected chi connectivity index (χ1v) is 3.18. The summed E-state index contributed by atoms with van der Waals surface area (Å²) in [6.07, 6.45) is 5.19. The Labute approximate surface area is 55.5 Å². The zero-order chi connectivity index (χ0) is 6.69. The van der Waals surface area contributed by atoms with Gasteiger partial charge >= 0.3 is 0 Å². The van der Waals surface area contributed by atoms with Crippen molar-refractivity contribution in [2.75, 3.05) is 7.11 Å². The summed E-state index contributed by atoms with van der Waals surface area (Å²) in [6.45, 7) is 2.00. The van der Waals surface area contributed by atoms with Gasteiger partial charge in [-0.25, -0.2) is 0 Å². The standard InChI is InChI=1S/C7H12O2/c1-6-4-3-5-7(8-2)9-6/h3-4,6-7H,5H2,1-2H3/t6-,7+/m1/s1. The SMILES string of the molecule is CO[C@@H]1CC=C[C@@H](C)O1. The molecule has 0 N–H and O–H groups in total. The maximum Gasteiger partial charge on any atom is 0.161 e. The summed E-state index contributed by atoms with van der Waals surface area (Å²) >= 11 is 0. The third-order valence-corrected chi connectivity index (χ3v) is 1.36. The third kappa shape index (κ3) is 1.80. The normalized spacial score (nSPS) is 34.9. The van der Waals surface area contributed by atoms with E-state index in [-0.39, 0.29) is 12.4 Å². The molecule has 0 radical (unpaired) electrons.